The molecule has 5 atom stereocenters. The van der Waals surface area contributed by atoms with Crippen LogP contribution in [0.25, 0.3) is 0 Å². The molecule has 1 saturated heterocycles. The zero-order chi connectivity index (χ0) is 13.8. The number of aliphatic hydroxyl groups excluding tert-OH is 1. The first-order valence-corrected chi connectivity index (χ1v) is 6.29. The normalized spacial score (nSPS) is 35.3. The Balaban J connectivity index is 2.00. The molecule has 0 unspecified atom stereocenters. The largest absolute Gasteiger partial charge is 0.375 e. The molecule has 19 heavy (non-hydrogen) atoms. The van der Waals surface area contributed by atoms with Crippen molar-refractivity contribution < 1.29 is 23.7 Å². The lowest BCUT2D eigenvalue weighted by atomic mass is 10.0. The highest BCUT2D eigenvalue weighted by atomic mass is 19.1. The molecule has 1 aliphatic rings. The monoisotopic (exact) mass is 270 g/mol. The van der Waals surface area contributed by atoms with Gasteiger partial charge in [-0.15, -0.1) is 0 Å². The summed E-state index contributed by atoms with van der Waals surface area (Å²) >= 11 is 0. The Morgan fingerprint density at radius 2 is 1.95 bits per heavy atom. The summed E-state index contributed by atoms with van der Waals surface area (Å²) in [6, 6.07) is 9.60. The highest BCUT2D eigenvalue weighted by Crippen LogP contribution is 2.27. The molecule has 1 fully saturated rings. The molecule has 1 N–H and O–H groups in total. The summed E-state index contributed by atoms with van der Waals surface area (Å²) in [5.74, 6) is 0. The number of halogens is 1. The fourth-order valence-electron chi connectivity index (χ4n) is 2.24. The lowest BCUT2D eigenvalue weighted by Crippen LogP contribution is -2.56. The van der Waals surface area contributed by atoms with Crippen molar-refractivity contribution in [3.05, 3.63) is 35.9 Å². The van der Waals surface area contributed by atoms with Gasteiger partial charge < -0.3 is 19.3 Å². The van der Waals surface area contributed by atoms with E-state index in [4.69, 9.17) is 14.2 Å². The summed E-state index contributed by atoms with van der Waals surface area (Å²) in [5, 5.41) is 9.42. The first-order chi connectivity index (χ1) is 9.13. The number of alkyl halides is 1. The summed E-state index contributed by atoms with van der Waals surface area (Å²) in [6.45, 7) is 2.08. The van der Waals surface area contributed by atoms with Gasteiger partial charge in [-0.3, -0.25) is 0 Å². The number of methoxy groups -OCH3 is 1. The molecule has 1 heterocycles. The van der Waals surface area contributed by atoms with Crippen molar-refractivity contribution in [2.45, 2.75) is 44.3 Å². The second-order valence-corrected chi connectivity index (χ2v) is 4.64. The molecule has 2 rings (SSSR count). The fraction of sp³-hybridized carbons (Fsp3) is 0.571. The predicted octanol–water partition coefficient (Wildman–Crippen LogP) is 1.66. The molecular formula is C14H19FO4. The molecule has 0 saturated carbocycles. The number of hydrogen-bond acceptors (Lipinski definition) is 4. The van der Waals surface area contributed by atoms with Crippen molar-refractivity contribution in [1.82, 2.24) is 0 Å². The fourth-order valence-corrected chi connectivity index (χ4v) is 2.24. The van der Waals surface area contributed by atoms with Gasteiger partial charge in [0.2, 0.25) is 0 Å². The second kappa shape index (κ2) is 6.43. The van der Waals surface area contributed by atoms with Crippen LogP contribution in [0.5, 0.6) is 0 Å². The molecule has 0 radical (unpaired) electrons. The number of aliphatic hydroxyl groups is 1. The van der Waals surface area contributed by atoms with Crippen LogP contribution in [-0.4, -0.2) is 43.0 Å². The maximum absolute atomic E-state index is 13.8. The van der Waals surface area contributed by atoms with Gasteiger partial charge in [0.1, 0.15) is 12.2 Å². The van der Waals surface area contributed by atoms with E-state index in [-0.39, 0.29) is 0 Å². The highest BCUT2D eigenvalue weighted by molar-refractivity contribution is 5.13. The van der Waals surface area contributed by atoms with Crippen molar-refractivity contribution >= 4 is 0 Å². The maximum Gasteiger partial charge on any atom is 0.189 e. The van der Waals surface area contributed by atoms with Gasteiger partial charge in [-0.2, -0.15) is 0 Å². The van der Waals surface area contributed by atoms with Gasteiger partial charge in [-0.1, -0.05) is 30.3 Å². The number of ether oxygens (including phenoxy) is 3. The van der Waals surface area contributed by atoms with E-state index in [1.165, 1.54) is 7.11 Å². The van der Waals surface area contributed by atoms with Crippen LogP contribution in [0, 0.1) is 0 Å². The van der Waals surface area contributed by atoms with Crippen molar-refractivity contribution in [3.63, 3.8) is 0 Å². The van der Waals surface area contributed by atoms with Crippen molar-refractivity contribution in [1.29, 1.82) is 0 Å². The van der Waals surface area contributed by atoms with E-state index >= 15 is 0 Å². The lowest BCUT2D eigenvalue weighted by molar-refractivity contribution is -0.276. The van der Waals surface area contributed by atoms with E-state index in [9.17, 15) is 9.50 Å². The van der Waals surface area contributed by atoms with E-state index in [0.717, 1.165) is 5.56 Å². The smallest absolute Gasteiger partial charge is 0.189 e. The summed E-state index contributed by atoms with van der Waals surface area (Å²) in [4.78, 5) is 0. The molecule has 0 aromatic heterocycles. The van der Waals surface area contributed by atoms with Gasteiger partial charge in [0, 0.05) is 7.11 Å². The molecule has 4 nitrogen and oxygen atoms in total. The van der Waals surface area contributed by atoms with E-state index < -0.39 is 30.8 Å². The minimum atomic E-state index is -1.61. The summed E-state index contributed by atoms with van der Waals surface area (Å²) < 4.78 is 29.7. The third kappa shape index (κ3) is 3.30. The van der Waals surface area contributed by atoms with Crippen molar-refractivity contribution in [2.75, 3.05) is 7.11 Å². The molecule has 106 valence electrons. The van der Waals surface area contributed by atoms with Crippen LogP contribution in [0.4, 0.5) is 4.39 Å². The van der Waals surface area contributed by atoms with Crippen LogP contribution in [0.15, 0.2) is 30.3 Å². The zero-order valence-corrected chi connectivity index (χ0v) is 11.0. The average Bonchev–Trinajstić information content (AvgIpc) is 2.42. The van der Waals surface area contributed by atoms with Gasteiger partial charge in [0.15, 0.2) is 12.5 Å². The van der Waals surface area contributed by atoms with E-state index in [0.29, 0.717) is 6.61 Å². The van der Waals surface area contributed by atoms with Gasteiger partial charge in [0.05, 0.1) is 12.7 Å². The van der Waals surface area contributed by atoms with Crippen molar-refractivity contribution in [2.24, 2.45) is 0 Å². The maximum atomic E-state index is 13.8. The van der Waals surface area contributed by atoms with Gasteiger partial charge in [-0.25, -0.2) is 4.39 Å². The van der Waals surface area contributed by atoms with Crippen LogP contribution < -0.4 is 0 Å². The standard InChI is InChI=1S/C14H19FO4/c1-9-12(13(17-2)11(15)14(16)19-9)18-8-10-6-4-3-5-7-10/h3-7,9,11-14,16H,8H2,1-2H3/t9-,11-,12+,13+,14+/m1/s1. The first-order valence-electron chi connectivity index (χ1n) is 6.29. The van der Waals surface area contributed by atoms with Crippen LogP contribution >= 0.6 is 0 Å². The Bertz CT molecular complexity index is 386. The van der Waals surface area contributed by atoms with Crippen LogP contribution in [-0.2, 0) is 20.8 Å². The van der Waals surface area contributed by atoms with Crippen LogP contribution in [0.2, 0.25) is 0 Å². The van der Waals surface area contributed by atoms with Crippen molar-refractivity contribution in [3.8, 4) is 0 Å². The molecule has 0 bridgehead atoms. The Hall–Kier alpha value is -1.01. The second-order valence-electron chi connectivity index (χ2n) is 4.64. The predicted molar refractivity (Wildman–Crippen MR) is 67.3 cm³/mol. The number of rotatable bonds is 4. The summed E-state index contributed by atoms with van der Waals surface area (Å²) in [6.07, 6.45) is -4.89. The topological polar surface area (TPSA) is 47.9 Å². The van der Waals surface area contributed by atoms with E-state index in [1.54, 1.807) is 6.92 Å². The van der Waals surface area contributed by atoms with E-state index in [1.807, 2.05) is 30.3 Å². The van der Waals surface area contributed by atoms with Crippen LogP contribution in [0.1, 0.15) is 12.5 Å². The molecule has 5 heteroatoms. The number of benzene rings is 1. The molecule has 1 aliphatic heterocycles. The SMILES string of the molecule is CO[C@H]1[C@@H](F)[C@@H](O)O[C@H](C)[C@@H]1OCc1ccccc1. The van der Waals surface area contributed by atoms with E-state index in [2.05, 4.69) is 0 Å². The third-order valence-electron chi connectivity index (χ3n) is 3.28. The molecule has 0 amide bonds. The minimum Gasteiger partial charge on any atom is -0.375 e. The quantitative estimate of drug-likeness (QED) is 0.904. The Morgan fingerprint density at radius 1 is 1.26 bits per heavy atom. The molecule has 0 spiro atoms. The number of hydrogen-bond donors (Lipinski definition) is 1. The van der Waals surface area contributed by atoms with Gasteiger partial charge >= 0.3 is 0 Å². The molecule has 0 aliphatic carbocycles. The summed E-state index contributed by atoms with van der Waals surface area (Å²) in [5.41, 5.74) is 0.992. The third-order valence-corrected chi connectivity index (χ3v) is 3.28. The lowest BCUT2D eigenvalue weighted by Gasteiger charge is -2.39. The molecular weight excluding hydrogens is 251 g/mol. The highest BCUT2D eigenvalue weighted by Gasteiger charge is 2.45. The molecule has 1 aromatic carbocycles. The van der Waals surface area contributed by atoms with Gasteiger partial charge in [-0.05, 0) is 12.5 Å². The average molecular weight is 270 g/mol. The van der Waals surface area contributed by atoms with Gasteiger partial charge in [0.25, 0.3) is 0 Å². The van der Waals surface area contributed by atoms with Crippen LogP contribution in [0.3, 0.4) is 0 Å². The Labute approximate surface area is 112 Å². The Morgan fingerprint density at radius 3 is 2.58 bits per heavy atom. The first kappa shape index (κ1) is 14.4. The summed E-state index contributed by atoms with van der Waals surface area (Å²) in [7, 11) is 1.40. The molecule has 1 aromatic rings. The minimum absolute atomic E-state index is 0.349. The Kier molecular flexibility index (Phi) is 4.87. The zero-order valence-electron chi connectivity index (χ0n) is 11.0.